The predicted molar refractivity (Wildman–Crippen MR) is 130 cm³/mol. The molecule has 0 radical (unpaired) electrons. The van der Waals surface area contributed by atoms with Crippen LogP contribution in [0, 0.1) is 20.8 Å². The second-order valence-electron chi connectivity index (χ2n) is 7.88. The number of benzene rings is 3. The molecule has 0 aliphatic rings. The summed E-state index contributed by atoms with van der Waals surface area (Å²) in [4.78, 5) is 25.4. The minimum atomic E-state index is -0.316. The van der Waals surface area contributed by atoms with E-state index in [2.05, 4.69) is 5.32 Å². The molecule has 7 heteroatoms. The molecule has 1 N–H and O–H groups in total. The van der Waals surface area contributed by atoms with E-state index in [0.717, 1.165) is 16.8 Å². The lowest BCUT2D eigenvalue weighted by atomic mass is 10.1. The summed E-state index contributed by atoms with van der Waals surface area (Å²) in [5.41, 5.74) is 2.78. The Morgan fingerprint density at radius 1 is 0.971 bits per heavy atom. The lowest BCUT2D eigenvalue weighted by molar-refractivity contribution is -0.118. The van der Waals surface area contributed by atoms with E-state index in [1.54, 1.807) is 43.3 Å². The molecule has 1 amide bonds. The molecule has 4 aromatic rings. The zero-order valence-electron chi connectivity index (χ0n) is 19.4. The van der Waals surface area contributed by atoms with Gasteiger partial charge in [0.15, 0.2) is 18.1 Å². The molecule has 1 aromatic heterocycles. The summed E-state index contributed by atoms with van der Waals surface area (Å²) < 4.78 is 22.6. The highest BCUT2D eigenvalue weighted by Gasteiger charge is 2.16. The van der Waals surface area contributed by atoms with E-state index in [4.69, 9.17) is 18.6 Å². The van der Waals surface area contributed by atoms with Crippen molar-refractivity contribution in [3.8, 4) is 23.0 Å². The Bertz CT molecular complexity index is 1420. The maximum absolute atomic E-state index is 13.1. The third-order valence-corrected chi connectivity index (χ3v) is 5.30. The Morgan fingerprint density at radius 3 is 2.50 bits per heavy atom. The number of amides is 1. The van der Waals surface area contributed by atoms with Gasteiger partial charge in [0.2, 0.25) is 11.2 Å². The first-order chi connectivity index (χ1) is 16.4. The molecule has 0 atom stereocenters. The van der Waals surface area contributed by atoms with Gasteiger partial charge in [0.05, 0.1) is 12.5 Å². The largest absolute Gasteiger partial charge is 0.493 e. The zero-order valence-corrected chi connectivity index (χ0v) is 19.4. The summed E-state index contributed by atoms with van der Waals surface area (Å²) in [6.45, 7) is 5.35. The summed E-state index contributed by atoms with van der Waals surface area (Å²) >= 11 is 0. The van der Waals surface area contributed by atoms with E-state index in [1.807, 2.05) is 38.1 Å². The minimum absolute atomic E-state index is 0.0820. The quantitative estimate of drug-likeness (QED) is 0.391. The van der Waals surface area contributed by atoms with Crippen LogP contribution in [0.1, 0.15) is 16.9 Å². The normalized spacial score (nSPS) is 10.7. The molecule has 0 aliphatic carbocycles. The number of para-hydroxylation sites is 2. The van der Waals surface area contributed by atoms with Gasteiger partial charge < -0.3 is 23.9 Å². The molecular weight excluding hydrogens is 434 g/mol. The smallest absolute Gasteiger partial charge is 0.262 e. The molecule has 4 rings (SSSR count). The van der Waals surface area contributed by atoms with Crippen LogP contribution in [0.15, 0.2) is 69.9 Å². The van der Waals surface area contributed by atoms with Gasteiger partial charge in [-0.05, 0) is 62.2 Å². The van der Waals surface area contributed by atoms with Crippen molar-refractivity contribution in [2.24, 2.45) is 0 Å². The van der Waals surface area contributed by atoms with E-state index < -0.39 is 0 Å². The highest BCUT2D eigenvalue weighted by atomic mass is 16.5. The lowest BCUT2D eigenvalue weighted by Crippen LogP contribution is -2.20. The second-order valence-corrected chi connectivity index (χ2v) is 7.88. The standard InChI is InChI=1S/C27H25NO6/c1-16-9-10-17(2)21(13-16)28-25(29)15-32-19-11-12-20-24(14-19)33-18(3)27(26(20)30)34-23-8-6-5-7-22(23)31-4/h5-14H,15H2,1-4H3,(H,28,29). The number of carbonyl (C=O) groups excluding carboxylic acids is 1. The first-order valence-electron chi connectivity index (χ1n) is 10.7. The number of aryl methyl sites for hydroxylation is 3. The third-order valence-electron chi connectivity index (χ3n) is 5.30. The summed E-state index contributed by atoms with van der Waals surface area (Å²) in [5, 5.41) is 3.19. The van der Waals surface area contributed by atoms with E-state index >= 15 is 0 Å². The Labute approximate surface area is 196 Å². The molecule has 34 heavy (non-hydrogen) atoms. The van der Waals surface area contributed by atoms with Gasteiger partial charge in [0.1, 0.15) is 17.1 Å². The van der Waals surface area contributed by atoms with Crippen LogP contribution in [0.4, 0.5) is 5.69 Å². The minimum Gasteiger partial charge on any atom is -0.493 e. The SMILES string of the molecule is COc1ccccc1Oc1c(C)oc2cc(OCC(=O)Nc3cc(C)ccc3C)ccc2c1=O. The molecule has 0 unspecified atom stereocenters. The summed E-state index contributed by atoms with van der Waals surface area (Å²) in [6.07, 6.45) is 0. The van der Waals surface area contributed by atoms with Crippen LogP contribution < -0.4 is 25.0 Å². The van der Waals surface area contributed by atoms with Gasteiger partial charge in [-0.2, -0.15) is 0 Å². The Balaban J connectivity index is 1.52. The molecular formula is C27H25NO6. The van der Waals surface area contributed by atoms with Crippen molar-refractivity contribution in [1.29, 1.82) is 0 Å². The Morgan fingerprint density at radius 2 is 1.74 bits per heavy atom. The third kappa shape index (κ3) is 4.88. The summed E-state index contributed by atoms with van der Waals surface area (Å²) in [5.74, 6) is 1.43. The fourth-order valence-corrected chi connectivity index (χ4v) is 3.49. The Hall–Kier alpha value is -4.26. The number of hydrogen-bond donors (Lipinski definition) is 1. The molecule has 7 nitrogen and oxygen atoms in total. The zero-order chi connectivity index (χ0) is 24.2. The molecule has 1 heterocycles. The number of nitrogens with one attached hydrogen (secondary N) is 1. The molecule has 0 saturated carbocycles. The van der Waals surface area contributed by atoms with Crippen molar-refractivity contribution >= 4 is 22.6 Å². The topological polar surface area (TPSA) is 87.0 Å². The fourth-order valence-electron chi connectivity index (χ4n) is 3.49. The van der Waals surface area contributed by atoms with Gasteiger partial charge in [-0.1, -0.05) is 24.3 Å². The second kappa shape index (κ2) is 9.70. The van der Waals surface area contributed by atoms with Crippen LogP contribution in [-0.4, -0.2) is 19.6 Å². The molecule has 0 spiro atoms. The number of ether oxygens (including phenoxy) is 3. The number of methoxy groups -OCH3 is 1. The molecule has 0 bridgehead atoms. The van der Waals surface area contributed by atoms with Gasteiger partial charge in [0, 0.05) is 11.8 Å². The summed E-state index contributed by atoms with van der Waals surface area (Å²) in [6, 6.07) is 17.7. The number of fused-ring (bicyclic) bond motifs is 1. The van der Waals surface area contributed by atoms with Crippen molar-refractivity contribution in [2.75, 3.05) is 19.0 Å². The molecule has 174 valence electrons. The van der Waals surface area contributed by atoms with E-state index in [-0.39, 0.29) is 23.7 Å². The number of hydrogen-bond acceptors (Lipinski definition) is 6. The fraction of sp³-hybridized carbons (Fsp3) is 0.185. The molecule has 3 aromatic carbocycles. The maximum atomic E-state index is 13.1. The average Bonchev–Trinajstić information content (AvgIpc) is 2.82. The van der Waals surface area contributed by atoms with Gasteiger partial charge in [0.25, 0.3) is 5.91 Å². The van der Waals surface area contributed by atoms with Crippen LogP contribution in [-0.2, 0) is 4.79 Å². The summed E-state index contributed by atoms with van der Waals surface area (Å²) in [7, 11) is 1.53. The van der Waals surface area contributed by atoms with Crippen molar-refractivity contribution in [2.45, 2.75) is 20.8 Å². The molecule has 0 fully saturated rings. The number of anilines is 1. The highest BCUT2D eigenvalue weighted by Crippen LogP contribution is 2.32. The number of carbonyl (C=O) groups is 1. The van der Waals surface area contributed by atoms with Crippen LogP contribution in [0.3, 0.4) is 0 Å². The number of rotatable bonds is 7. The van der Waals surface area contributed by atoms with E-state index in [0.29, 0.717) is 34.0 Å². The monoisotopic (exact) mass is 459 g/mol. The lowest BCUT2D eigenvalue weighted by Gasteiger charge is -2.12. The van der Waals surface area contributed by atoms with Crippen LogP contribution in [0.25, 0.3) is 11.0 Å². The molecule has 0 saturated heterocycles. The predicted octanol–water partition coefficient (Wildman–Crippen LogP) is 5.54. The van der Waals surface area contributed by atoms with Crippen molar-refractivity contribution in [1.82, 2.24) is 0 Å². The first kappa shape index (κ1) is 22.9. The van der Waals surface area contributed by atoms with Crippen molar-refractivity contribution < 1.29 is 23.4 Å². The van der Waals surface area contributed by atoms with Gasteiger partial charge in [-0.3, -0.25) is 9.59 Å². The van der Waals surface area contributed by atoms with E-state index in [1.165, 1.54) is 7.11 Å². The van der Waals surface area contributed by atoms with Gasteiger partial charge >= 0.3 is 0 Å². The molecule has 0 aliphatic heterocycles. The van der Waals surface area contributed by atoms with Crippen LogP contribution in [0.2, 0.25) is 0 Å². The Kier molecular flexibility index (Phi) is 6.54. The van der Waals surface area contributed by atoms with E-state index in [9.17, 15) is 9.59 Å². The van der Waals surface area contributed by atoms with Gasteiger partial charge in [-0.15, -0.1) is 0 Å². The van der Waals surface area contributed by atoms with Crippen molar-refractivity contribution in [3.63, 3.8) is 0 Å². The van der Waals surface area contributed by atoms with Gasteiger partial charge in [-0.25, -0.2) is 0 Å². The van der Waals surface area contributed by atoms with Crippen LogP contribution in [0.5, 0.6) is 23.0 Å². The van der Waals surface area contributed by atoms with Crippen molar-refractivity contribution in [3.05, 3.63) is 87.8 Å². The van der Waals surface area contributed by atoms with Crippen LogP contribution >= 0.6 is 0 Å². The average molecular weight is 459 g/mol. The highest BCUT2D eigenvalue weighted by molar-refractivity contribution is 5.92. The maximum Gasteiger partial charge on any atom is 0.262 e. The first-order valence-corrected chi connectivity index (χ1v) is 10.7.